The number of carbonyl (C=O) groups is 1. The molecule has 0 aromatic carbocycles. The first-order valence-electron chi connectivity index (χ1n) is 4.48. The van der Waals surface area contributed by atoms with E-state index in [4.69, 9.17) is 5.11 Å². The van der Waals surface area contributed by atoms with Crippen LogP contribution in [-0.4, -0.2) is 36.1 Å². The molecule has 102 valence electrons. The number of rotatable bonds is 4. The van der Waals surface area contributed by atoms with Crippen LogP contribution in [0.1, 0.15) is 13.3 Å². The second-order valence-electron chi connectivity index (χ2n) is 3.14. The van der Waals surface area contributed by atoms with E-state index in [1.807, 2.05) is 0 Å². The Bertz CT molecular complexity index is 245. The van der Waals surface area contributed by atoms with Gasteiger partial charge in [0.15, 0.2) is 12.0 Å². The minimum atomic E-state index is -5.58. The van der Waals surface area contributed by atoms with Crippen molar-refractivity contribution in [3.05, 3.63) is 0 Å². The van der Waals surface area contributed by atoms with E-state index in [2.05, 4.69) is 4.74 Å². The monoisotopic (exact) mass is 268 g/mol. The Labute approximate surface area is 92.4 Å². The van der Waals surface area contributed by atoms with Gasteiger partial charge in [-0.2, -0.15) is 26.3 Å². The maximum Gasteiger partial charge on any atom is 0.400 e. The number of aliphatic hydroxyl groups excluding tert-OH is 1. The van der Waals surface area contributed by atoms with Crippen LogP contribution in [-0.2, 0) is 9.53 Å². The standard InChI is InChI=1S/C8H10F6O3/c1-2-17-6(16)4(15)3-5(7(9,10)11)8(12,13)14/h4-5,15H,2-3H2,1H3/t4-/m1/s1. The van der Waals surface area contributed by atoms with Crippen LogP contribution in [0.3, 0.4) is 0 Å². The number of halogens is 6. The molecule has 9 heteroatoms. The minimum Gasteiger partial charge on any atom is -0.464 e. The van der Waals surface area contributed by atoms with E-state index in [0.717, 1.165) is 0 Å². The first-order valence-corrected chi connectivity index (χ1v) is 4.48. The summed E-state index contributed by atoms with van der Waals surface area (Å²) < 4.78 is 76.4. The summed E-state index contributed by atoms with van der Waals surface area (Å²) in [6, 6.07) is 0. The number of ether oxygens (including phenoxy) is 1. The van der Waals surface area contributed by atoms with Gasteiger partial charge >= 0.3 is 18.3 Å². The third-order valence-electron chi connectivity index (χ3n) is 1.81. The Morgan fingerprint density at radius 2 is 1.59 bits per heavy atom. The van der Waals surface area contributed by atoms with Crippen LogP contribution in [0.25, 0.3) is 0 Å². The smallest absolute Gasteiger partial charge is 0.400 e. The summed E-state index contributed by atoms with van der Waals surface area (Å²) in [5, 5.41) is 8.87. The van der Waals surface area contributed by atoms with Crippen LogP contribution in [0, 0.1) is 5.92 Å². The maximum atomic E-state index is 12.0. The number of hydrogen-bond donors (Lipinski definition) is 1. The molecule has 0 radical (unpaired) electrons. The molecule has 0 aliphatic carbocycles. The van der Waals surface area contributed by atoms with Gasteiger partial charge in [-0.15, -0.1) is 0 Å². The van der Waals surface area contributed by atoms with Crippen molar-refractivity contribution >= 4 is 5.97 Å². The van der Waals surface area contributed by atoms with Crippen LogP contribution in [0.15, 0.2) is 0 Å². The molecule has 1 atom stereocenters. The quantitative estimate of drug-likeness (QED) is 0.627. The highest BCUT2D eigenvalue weighted by molar-refractivity contribution is 5.74. The summed E-state index contributed by atoms with van der Waals surface area (Å²) in [5.41, 5.74) is 0. The second kappa shape index (κ2) is 5.56. The van der Waals surface area contributed by atoms with E-state index in [0.29, 0.717) is 0 Å². The molecule has 0 aliphatic rings. The predicted octanol–water partition coefficient (Wildman–Crippen LogP) is 2.04. The molecule has 0 aromatic rings. The van der Waals surface area contributed by atoms with Crippen LogP contribution in [0.5, 0.6) is 0 Å². The summed E-state index contributed by atoms with van der Waals surface area (Å²) in [6.45, 7) is 1.05. The molecular formula is C8H10F6O3. The Balaban J connectivity index is 4.73. The first kappa shape index (κ1) is 16.0. The van der Waals surface area contributed by atoms with Gasteiger partial charge < -0.3 is 9.84 Å². The number of esters is 1. The molecule has 3 nitrogen and oxygen atoms in total. The summed E-state index contributed by atoms with van der Waals surface area (Å²) in [6.07, 6.45) is -15.4. The summed E-state index contributed by atoms with van der Waals surface area (Å²) in [4.78, 5) is 10.7. The van der Waals surface area contributed by atoms with Gasteiger partial charge in [0.25, 0.3) is 0 Å². The number of hydrogen-bond acceptors (Lipinski definition) is 3. The van der Waals surface area contributed by atoms with Crippen LogP contribution < -0.4 is 0 Å². The zero-order chi connectivity index (χ0) is 13.9. The fourth-order valence-corrected chi connectivity index (χ4v) is 1.01. The van der Waals surface area contributed by atoms with Crippen molar-refractivity contribution in [2.45, 2.75) is 31.8 Å². The largest absolute Gasteiger partial charge is 0.464 e. The molecule has 0 unspecified atom stereocenters. The van der Waals surface area contributed by atoms with Crippen molar-refractivity contribution in [1.82, 2.24) is 0 Å². The lowest BCUT2D eigenvalue weighted by molar-refractivity contribution is -0.289. The molecule has 0 heterocycles. The molecule has 0 aromatic heterocycles. The van der Waals surface area contributed by atoms with Gasteiger partial charge in [0.2, 0.25) is 0 Å². The third-order valence-corrected chi connectivity index (χ3v) is 1.81. The van der Waals surface area contributed by atoms with E-state index in [9.17, 15) is 31.1 Å². The average molecular weight is 268 g/mol. The molecule has 0 rings (SSSR count). The highest BCUT2D eigenvalue weighted by Gasteiger charge is 2.57. The van der Waals surface area contributed by atoms with E-state index >= 15 is 0 Å². The van der Waals surface area contributed by atoms with Crippen LogP contribution in [0.2, 0.25) is 0 Å². The van der Waals surface area contributed by atoms with E-state index < -0.39 is 36.8 Å². The van der Waals surface area contributed by atoms with E-state index in [1.165, 1.54) is 6.92 Å². The SMILES string of the molecule is CCOC(=O)[C@H](O)CC(C(F)(F)F)C(F)(F)F. The van der Waals surface area contributed by atoms with Gasteiger partial charge in [-0.1, -0.05) is 0 Å². The van der Waals surface area contributed by atoms with Crippen molar-refractivity contribution in [3.8, 4) is 0 Å². The molecule has 0 spiro atoms. The maximum absolute atomic E-state index is 12.0. The Kier molecular flexibility index (Phi) is 5.24. The lowest BCUT2D eigenvalue weighted by Crippen LogP contribution is -2.40. The number of aliphatic hydroxyl groups is 1. The third kappa shape index (κ3) is 5.24. The highest BCUT2D eigenvalue weighted by atomic mass is 19.4. The zero-order valence-corrected chi connectivity index (χ0v) is 8.60. The van der Waals surface area contributed by atoms with Crippen molar-refractivity contribution < 1.29 is 41.0 Å². The fourth-order valence-electron chi connectivity index (χ4n) is 1.01. The molecular weight excluding hydrogens is 258 g/mol. The molecule has 0 aliphatic heterocycles. The average Bonchev–Trinajstić information content (AvgIpc) is 2.10. The molecule has 17 heavy (non-hydrogen) atoms. The normalized spacial score (nSPS) is 14.9. The van der Waals surface area contributed by atoms with Crippen LogP contribution in [0.4, 0.5) is 26.3 Å². The molecule has 0 saturated heterocycles. The van der Waals surface area contributed by atoms with Crippen molar-refractivity contribution in [1.29, 1.82) is 0 Å². The number of carbonyl (C=O) groups excluding carboxylic acids is 1. The lowest BCUT2D eigenvalue weighted by atomic mass is 10.0. The van der Waals surface area contributed by atoms with Gasteiger partial charge in [0.05, 0.1) is 6.61 Å². The lowest BCUT2D eigenvalue weighted by Gasteiger charge is -2.24. The van der Waals surface area contributed by atoms with Gasteiger partial charge in [0.1, 0.15) is 0 Å². The van der Waals surface area contributed by atoms with Crippen molar-refractivity contribution in [3.63, 3.8) is 0 Å². The predicted molar refractivity (Wildman–Crippen MR) is 42.9 cm³/mol. The van der Waals surface area contributed by atoms with Gasteiger partial charge in [0, 0.05) is 6.42 Å². The second-order valence-corrected chi connectivity index (χ2v) is 3.14. The highest BCUT2D eigenvalue weighted by Crippen LogP contribution is 2.41. The molecule has 0 saturated carbocycles. The van der Waals surface area contributed by atoms with E-state index in [-0.39, 0.29) is 6.61 Å². The summed E-state index contributed by atoms with van der Waals surface area (Å²) >= 11 is 0. The summed E-state index contributed by atoms with van der Waals surface area (Å²) in [7, 11) is 0. The molecule has 0 fully saturated rings. The minimum absolute atomic E-state index is 0.251. The molecule has 0 bridgehead atoms. The Morgan fingerprint density at radius 1 is 1.18 bits per heavy atom. The van der Waals surface area contributed by atoms with E-state index in [1.54, 1.807) is 0 Å². The van der Waals surface area contributed by atoms with Gasteiger partial charge in [-0.05, 0) is 6.92 Å². The topological polar surface area (TPSA) is 46.5 Å². The first-order chi connectivity index (χ1) is 7.50. The number of alkyl halides is 6. The molecule has 1 N–H and O–H groups in total. The van der Waals surface area contributed by atoms with Crippen molar-refractivity contribution in [2.75, 3.05) is 6.61 Å². The van der Waals surface area contributed by atoms with Gasteiger partial charge in [-0.25, -0.2) is 4.79 Å². The van der Waals surface area contributed by atoms with Gasteiger partial charge in [-0.3, -0.25) is 0 Å². The fraction of sp³-hybridized carbons (Fsp3) is 0.875. The van der Waals surface area contributed by atoms with Crippen molar-refractivity contribution in [2.24, 2.45) is 5.92 Å². The Morgan fingerprint density at radius 3 is 1.88 bits per heavy atom. The molecule has 0 amide bonds. The zero-order valence-electron chi connectivity index (χ0n) is 8.60. The summed E-state index contributed by atoms with van der Waals surface area (Å²) in [5.74, 6) is -5.26. The Hall–Kier alpha value is -0.990. The van der Waals surface area contributed by atoms with Crippen LogP contribution >= 0.6 is 0 Å².